The minimum Gasteiger partial charge on any atom is -0.487 e. The molecule has 1 N–H and O–H groups in total. The fraction of sp³-hybridized carbons (Fsp3) is 0.533. The maximum absolute atomic E-state index is 12.8. The average Bonchev–Trinajstić information content (AvgIpc) is 2.46. The topological polar surface area (TPSA) is 41.6 Å². The molecule has 4 nitrogen and oxygen atoms in total. The fourth-order valence-corrected chi connectivity index (χ4v) is 2.17. The van der Waals surface area contributed by atoms with Crippen molar-refractivity contribution >= 4 is 11.7 Å². The number of likely N-dealkylation sites (tertiary alicyclic amines) is 1. The van der Waals surface area contributed by atoms with E-state index in [0.717, 1.165) is 39.3 Å². The molecule has 1 aliphatic heterocycles. The summed E-state index contributed by atoms with van der Waals surface area (Å²) < 4.78 is 30.5. The summed E-state index contributed by atoms with van der Waals surface area (Å²) in [6.45, 7) is 1.62. The minimum atomic E-state index is -2.88. The van der Waals surface area contributed by atoms with Crippen molar-refractivity contribution in [3.8, 4) is 5.75 Å². The van der Waals surface area contributed by atoms with Crippen molar-refractivity contribution < 1.29 is 18.3 Å². The quantitative estimate of drug-likeness (QED) is 0.920. The molecule has 0 aromatic heterocycles. The van der Waals surface area contributed by atoms with Crippen molar-refractivity contribution in [2.24, 2.45) is 0 Å². The van der Waals surface area contributed by atoms with Crippen LogP contribution in [0.5, 0.6) is 5.75 Å². The van der Waals surface area contributed by atoms with Gasteiger partial charge >= 0.3 is 6.03 Å². The van der Waals surface area contributed by atoms with E-state index in [4.69, 9.17) is 4.74 Å². The van der Waals surface area contributed by atoms with Gasteiger partial charge in [0.2, 0.25) is 0 Å². The van der Waals surface area contributed by atoms with E-state index in [0.29, 0.717) is 11.4 Å². The smallest absolute Gasteiger partial charge is 0.321 e. The largest absolute Gasteiger partial charge is 0.487 e. The van der Waals surface area contributed by atoms with Gasteiger partial charge in [0.25, 0.3) is 5.92 Å². The Balaban J connectivity index is 1.92. The zero-order chi connectivity index (χ0) is 15.3. The molecule has 1 aliphatic rings. The number of hydrogen-bond donors (Lipinski definition) is 1. The molecule has 0 saturated carbocycles. The third kappa shape index (κ3) is 5.21. The van der Waals surface area contributed by atoms with Crippen LogP contribution in [0.3, 0.4) is 0 Å². The molecule has 1 aromatic carbocycles. The van der Waals surface area contributed by atoms with Gasteiger partial charge in [-0.2, -0.15) is 0 Å². The Morgan fingerprint density at radius 3 is 2.71 bits per heavy atom. The number of nitrogens with zero attached hydrogens (tertiary/aromatic N) is 1. The zero-order valence-corrected chi connectivity index (χ0v) is 12.1. The SMILES string of the molecule is CC(F)(F)COc1cccc(NC(=O)N2CCCCC2)c1. The first kappa shape index (κ1) is 15.5. The predicted molar refractivity (Wildman–Crippen MR) is 77.0 cm³/mol. The molecule has 1 heterocycles. The second-order valence-corrected chi connectivity index (χ2v) is 5.36. The van der Waals surface area contributed by atoms with Gasteiger partial charge in [-0.1, -0.05) is 6.07 Å². The van der Waals surface area contributed by atoms with Crippen molar-refractivity contribution in [2.45, 2.75) is 32.1 Å². The number of rotatable bonds is 4. The van der Waals surface area contributed by atoms with Gasteiger partial charge in [-0.3, -0.25) is 0 Å². The normalized spacial score (nSPS) is 15.7. The van der Waals surface area contributed by atoms with Crippen LogP contribution in [0.4, 0.5) is 19.3 Å². The van der Waals surface area contributed by atoms with E-state index in [-0.39, 0.29) is 6.03 Å². The molecule has 0 radical (unpaired) electrons. The summed E-state index contributed by atoms with van der Waals surface area (Å²) in [5.41, 5.74) is 0.544. The van der Waals surface area contributed by atoms with E-state index in [1.807, 2.05) is 0 Å². The third-order valence-corrected chi connectivity index (χ3v) is 3.22. The number of nitrogens with one attached hydrogen (secondary N) is 1. The molecule has 2 rings (SSSR count). The molecule has 0 aliphatic carbocycles. The molecule has 0 spiro atoms. The number of ether oxygens (including phenoxy) is 1. The van der Waals surface area contributed by atoms with Gasteiger partial charge in [0.1, 0.15) is 5.75 Å². The van der Waals surface area contributed by atoms with Gasteiger partial charge in [-0.25, -0.2) is 13.6 Å². The zero-order valence-electron chi connectivity index (χ0n) is 12.1. The van der Waals surface area contributed by atoms with E-state index in [1.54, 1.807) is 29.2 Å². The molecule has 1 fully saturated rings. The number of alkyl halides is 2. The first-order chi connectivity index (χ1) is 9.94. The summed E-state index contributed by atoms with van der Waals surface area (Å²) in [5.74, 6) is -2.57. The van der Waals surface area contributed by atoms with Gasteiger partial charge in [0, 0.05) is 31.8 Å². The second-order valence-electron chi connectivity index (χ2n) is 5.36. The van der Waals surface area contributed by atoms with Crippen LogP contribution in [0, 0.1) is 0 Å². The first-order valence-electron chi connectivity index (χ1n) is 7.11. The molecule has 1 aromatic rings. The number of benzene rings is 1. The molecule has 116 valence electrons. The summed E-state index contributed by atoms with van der Waals surface area (Å²) in [6.07, 6.45) is 3.18. The highest BCUT2D eigenvalue weighted by molar-refractivity contribution is 5.89. The van der Waals surface area contributed by atoms with E-state index in [1.165, 1.54) is 0 Å². The van der Waals surface area contributed by atoms with E-state index in [2.05, 4.69) is 5.32 Å². The maximum atomic E-state index is 12.8. The number of piperidine rings is 1. The van der Waals surface area contributed by atoms with Crippen LogP contribution >= 0.6 is 0 Å². The highest BCUT2D eigenvalue weighted by Gasteiger charge is 2.22. The molecule has 0 atom stereocenters. The summed E-state index contributed by atoms with van der Waals surface area (Å²) >= 11 is 0. The van der Waals surface area contributed by atoms with Crippen molar-refractivity contribution in [1.82, 2.24) is 4.90 Å². The molecule has 2 amide bonds. The highest BCUT2D eigenvalue weighted by Crippen LogP contribution is 2.21. The maximum Gasteiger partial charge on any atom is 0.321 e. The van der Waals surface area contributed by atoms with E-state index in [9.17, 15) is 13.6 Å². The van der Waals surface area contributed by atoms with Gasteiger partial charge in [-0.15, -0.1) is 0 Å². The molecule has 1 saturated heterocycles. The standard InChI is InChI=1S/C15H20F2N2O2/c1-15(16,17)11-21-13-7-5-6-12(10-13)18-14(20)19-8-3-2-4-9-19/h5-7,10H,2-4,8-9,11H2,1H3,(H,18,20). The molecule has 6 heteroatoms. The number of carbonyl (C=O) groups is 1. The van der Waals surface area contributed by atoms with Crippen LogP contribution in [0.15, 0.2) is 24.3 Å². The van der Waals surface area contributed by atoms with Crippen LogP contribution < -0.4 is 10.1 Å². The Bertz CT molecular complexity index is 483. The molecular weight excluding hydrogens is 278 g/mol. The van der Waals surface area contributed by atoms with E-state index >= 15 is 0 Å². The van der Waals surface area contributed by atoms with Gasteiger partial charge < -0.3 is 15.0 Å². The number of urea groups is 1. The van der Waals surface area contributed by atoms with Crippen LogP contribution in [-0.4, -0.2) is 36.5 Å². The summed E-state index contributed by atoms with van der Waals surface area (Å²) in [5, 5.41) is 2.77. The van der Waals surface area contributed by atoms with Crippen molar-refractivity contribution in [3.63, 3.8) is 0 Å². The van der Waals surface area contributed by atoms with Crippen LogP contribution in [0.2, 0.25) is 0 Å². The first-order valence-corrected chi connectivity index (χ1v) is 7.11. The Labute approximate surface area is 123 Å². The lowest BCUT2D eigenvalue weighted by Gasteiger charge is -2.26. The van der Waals surface area contributed by atoms with Crippen molar-refractivity contribution in [2.75, 3.05) is 25.0 Å². The lowest BCUT2D eigenvalue weighted by molar-refractivity contribution is -0.0229. The highest BCUT2D eigenvalue weighted by atomic mass is 19.3. The van der Waals surface area contributed by atoms with Crippen molar-refractivity contribution in [3.05, 3.63) is 24.3 Å². The monoisotopic (exact) mass is 298 g/mol. The average molecular weight is 298 g/mol. The summed E-state index contributed by atoms with van der Waals surface area (Å²) in [6, 6.07) is 6.34. The van der Waals surface area contributed by atoms with Crippen molar-refractivity contribution in [1.29, 1.82) is 0 Å². The van der Waals surface area contributed by atoms with Crippen LogP contribution in [-0.2, 0) is 0 Å². The number of hydrogen-bond acceptors (Lipinski definition) is 2. The fourth-order valence-electron chi connectivity index (χ4n) is 2.17. The Morgan fingerprint density at radius 2 is 2.05 bits per heavy atom. The number of amides is 2. The van der Waals surface area contributed by atoms with Gasteiger partial charge in [0.05, 0.1) is 0 Å². The summed E-state index contributed by atoms with van der Waals surface area (Å²) in [7, 11) is 0. The second kappa shape index (κ2) is 6.74. The Hall–Kier alpha value is -1.85. The number of carbonyl (C=O) groups excluding carboxylic acids is 1. The molecule has 0 bridgehead atoms. The third-order valence-electron chi connectivity index (χ3n) is 3.22. The van der Waals surface area contributed by atoms with Gasteiger partial charge in [-0.05, 0) is 31.4 Å². The molecule has 21 heavy (non-hydrogen) atoms. The van der Waals surface area contributed by atoms with E-state index < -0.39 is 12.5 Å². The summed E-state index contributed by atoms with van der Waals surface area (Å²) in [4.78, 5) is 13.8. The predicted octanol–water partition coefficient (Wildman–Crippen LogP) is 3.74. The number of halogens is 2. The van der Waals surface area contributed by atoms with Gasteiger partial charge in [0.15, 0.2) is 6.61 Å². The Kier molecular flexibility index (Phi) is 4.98. The lowest BCUT2D eigenvalue weighted by atomic mass is 10.1. The minimum absolute atomic E-state index is 0.160. The Morgan fingerprint density at radius 1 is 1.33 bits per heavy atom. The lowest BCUT2D eigenvalue weighted by Crippen LogP contribution is -2.38. The van der Waals surface area contributed by atoms with Crippen LogP contribution in [0.1, 0.15) is 26.2 Å². The number of anilines is 1. The molecule has 0 unspecified atom stereocenters. The molecular formula is C15H20F2N2O2. The van der Waals surface area contributed by atoms with Crippen LogP contribution in [0.25, 0.3) is 0 Å².